The van der Waals surface area contributed by atoms with Crippen LogP contribution in [0.1, 0.15) is 24.9 Å². The Morgan fingerprint density at radius 2 is 2.05 bits per heavy atom. The summed E-state index contributed by atoms with van der Waals surface area (Å²) in [6.45, 7) is 2.07. The number of benzene rings is 1. The van der Waals surface area contributed by atoms with Crippen molar-refractivity contribution in [1.82, 2.24) is 9.55 Å². The molecule has 1 N–H and O–H groups in total. The van der Waals surface area contributed by atoms with Gasteiger partial charge in [0.25, 0.3) is 5.56 Å². The summed E-state index contributed by atoms with van der Waals surface area (Å²) in [5.41, 5.74) is 1.92. The van der Waals surface area contributed by atoms with Crippen molar-refractivity contribution < 1.29 is 0 Å². The summed E-state index contributed by atoms with van der Waals surface area (Å²) in [6, 6.07) is 11.9. The highest BCUT2D eigenvalue weighted by molar-refractivity contribution is 7.71. The van der Waals surface area contributed by atoms with Crippen molar-refractivity contribution >= 4 is 33.8 Å². The zero-order valence-electron chi connectivity index (χ0n) is 11.0. The van der Waals surface area contributed by atoms with Gasteiger partial charge in [-0.25, -0.2) is 0 Å². The zero-order valence-corrected chi connectivity index (χ0v) is 12.6. The summed E-state index contributed by atoms with van der Waals surface area (Å²) < 4.78 is 2.91. The van der Waals surface area contributed by atoms with Crippen molar-refractivity contribution in [1.29, 1.82) is 0 Å². The molecule has 1 unspecified atom stereocenters. The average Bonchev–Trinajstić information content (AvgIpc) is 2.92. The maximum absolute atomic E-state index is 12.7. The van der Waals surface area contributed by atoms with Gasteiger partial charge in [-0.3, -0.25) is 9.36 Å². The van der Waals surface area contributed by atoms with E-state index in [9.17, 15) is 4.79 Å². The third kappa shape index (κ3) is 2.13. The Bertz CT molecular complexity index is 845. The van der Waals surface area contributed by atoms with Gasteiger partial charge in [0, 0.05) is 0 Å². The van der Waals surface area contributed by atoms with Gasteiger partial charge in [0.1, 0.15) is 4.70 Å². The van der Waals surface area contributed by atoms with E-state index < -0.39 is 0 Å². The van der Waals surface area contributed by atoms with E-state index in [1.54, 1.807) is 4.57 Å². The maximum Gasteiger partial charge on any atom is 0.272 e. The van der Waals surface area contributed by atoms with Crippen LogP contribution in [-0.2, 0) is 0 Å². The largest absolute Gasteiger partial charge is 0.331 e. The number of nitrogens with zero attached hydrogens (tertiary/aromatic N) is 1. The molecule has 0 amide bonds. The molecule has 0 spiro atoms. The molecule has 0 aliphatic carbocycles. The van der Waals surface area contributed by atoms with Gasteiger partial charge >= 0.3 is 0 Å². The van der Waals surface area contributed by atoms with Gasteiger partial charge in [-0.2, -0.15) is 0 Å². The predicted molar refractivity (Wildman–Crippen MR) is 86.1 cm³/mol. The molecule has 0 aliphatic rings. The number of aromatic amines is 1. The first-order valence-electron chi connectivity index (χ1n) is 6.49. The Morgan fingerprint density at radius 1 is 1.30 bits per heavy atom. The van der Waals surface area contributed by atoms with Crippen LogP contribution in [0.2, 0.25) is 0 Å². The van der Waals surface area contributed by atoms with Crippen molar-refractivity contribution in [3.05, 3.63) is 62.5 Å². The lowest BCUT2D eigenvalue weighted by Crippen LogP contribution is -2.26. The van der Waals surface area contributed by atoms with Crippen LogP contribution in [0.15, 0.2) is 46.6 Å². The molecule has 0 saturated carbocycles. The molecule has 1 aromatic carbocycles. The van der Waals surface area contributed by atoms with E-state index in [1.807, 2.05) is 41.8 Å². The fourth-order valence-electron chi connectivity index (χ4n) is 2.48. The van der Waals surface area contributed by atoms with Gasteiger partial charge < -0.3 is 4.98 Å². The van der Waals surface area contributed by atoms with E-state index in [-0.39, 0.29) is 11.6 Å². The molecule has 0 radical (unpaired) electrons. The normalized spacial score (nSPS) is 12.7. The Hall–Kier alpha value is -1.72. The van der Waals surface area contributed by atoms with E-state index in [0.717, 1.165) is 22.2 Å². The molecule has 5 heteroatoms. The van der Waals surface area contributed by atoms with Crippen LogP contribution in [0.3, 0.4) is 0 Å². The predicted octanol–water partition coefficient (Wildman–Crippen LogP) is 4.12. The van der Waals surface area contributed by atoms with E-state index in [2.05, 4.69) is 11.9 Å². The first kappa shape index (κ1) is 13.3. The summed E-state index contributed by atoms with van der Waals surface area (Å²) in [5, 5.41) is 1.91. The summed E-state index contributed by atoms with van der Waals surface area (Å²) >= 11 is 6.84. The lowest BCUT2D eigenvalue weighted by Gasteiger charge is -2.18. The van der Waals surface area contributed by atoms with Crippen molar-refractivity contribution in [2.45, 2.75) is 19.4 Å². The molecule has 102 valence electrons. The van der Waals surface area contributed by atoms with E-state index in [4.69, 9.17) is 12.2 Å². The molecule has 0 aliphatic heterocycles. The van der Waals surface area contributed by atoms with Crippen molar-refractivity contribution in [3.8, 4) is 0 Å². The third-order valence-electron chi connectivity index (χ3n) is 3.42. The summed E-state index contributed by atoms with van der Waals surface area (Å²) in [7, 11) is 0. The standard InChI is InChI=1S/C15H14N2OS2/c1-2-12(10-6-4-3-5-7-10)17-14(18)13-11(8-9-20-13)16-15(17)19/h3-9,12H,2H2,1H3,(H,16,19). The number of H-pyrrole nitrogens is 1. The Labute approximate surface area is 125 Å². The molecule has 20 heavy (non-hydrogen) atoms. The molecular weight excluding hydrogens is 288 g/mol. The van der Waals surface area contributed by atoms with E-state index >= 15 is 0 Å². The van der Waals surface area contributed by atoms with Gasteiger partial charge in [0.15, 0.2) is 4.77 Å². The smallest absolute Gasteiger partial charge is 0.272 e. The van der Waals surface area contributed by atoms with Crippen LogP contribution in [0.4, 0.5) is 0 Å². The third-order valence-corrected chi connectivity index (χ3v) is 4.62. The number of aromatic nitrogens is 2. The van der Waals surface area contributed by atoms with Crippen LogP contribution < -0.4 is 5.56 Å². The van der Waals surface area contributed by atoms with Crippen LogP contribution in [0, 0.1) is 4.77 Å². The van der Waals surface area contributed by atoms with Crippen molar-refractivity contribution in [2.24, 2.45) is 0 Å². The van der Waals surface area contributed by atoms with Gasteiger partial charge in [-0.15, -0.1) is 11.3 Å². The summed E-state index contributed by atoms with van der Waals surface area (Å²) in [5.74, 6) is 0. The Kier molecular flexibility index (Phi) is 3.54. The number of nitrogens with one attached hydrogen (secondary N) is 1. The van der Waals surface area contributed by atoms with Gasteiger partial charge in [0.05, 0.1) is 11.6 Å². The van der Waals surface area contributed by atoms with E-state index in [0.29, 0.717) is 4.77 Å². The second-order valence-electron chi connectivity index (χ2n) is 4.60. The quantitative estimate of drug-likeness (QED) is 0.739. The first-order chi connectivity index (χ1) is 9.72. The van der Waals surface area contributed by atoms with Crippen molar-refractivity contribution in [3.63, 3.8) is 0 Å². The van der Waals surface area contributed by atoms with Crippen LogP contribution in [0.25, 0.3) is 10.2 Å². The second-order valence-corrected chi connectivity index (χ2v) is 5.91. The maximum atomic E-state index is 12.7. The van der Waals surface area contributed by atoms with Gasteiger partial charge in [-0.05, 0) is 35.6 Å². The molecule has 0 saturated heterocycles. The molecule has 3 aromatic rings. The minimum Gasteiger partial charge on any atom is -0.331 e. The van der Waals surface area contributed by atoms with Crippen LogP contribution in [0.5, 0.6) is 0 Å². The lowest BCUT2D eigenvalue weighted by molar-refractivity contribution is 0.538. The highest BCUT2D eigenvalue weighted by atomic mass is 32.1. The first-order valence-corrected chi connectivity index (χ1v) is 7.78. The van der Waals surface area contributed by atoms with Crippen LogP contribution >= 0.6 is 23.6 Å². The zero-order chi connectivity index (χ0) is 14.1. The van der Waals surface area contributed by atoms with Crippen LogP contribution in [-0.4, -0.2) is 9.55 Å². The molecule has 2 aromatic heterocycles. The highest BCUT2D eigenvalue weighted by Crippen LogP contribution is 2.22. The Morgan fingerprint density at radius 3 is 2.75 bits per heavy atom. The number of hydrogen-bond acceptors (Lipinski definition) is 3. The minimum atomic E-state index is -0.0288. The molecule has 0 fully saturated rings. The fourth-order valence-corrected chi connectivity index (χ4v) is 3.58. The number of hydrogen-bond donors (Lipinski definition) is 1. The number of rotatable bonds is 3. The lowest BCUT2D eigenvalue weighted by atomic mass is 10.0. The monoisotopic (exact) mass is 302 g/mol. The number of thiophene rings is 1. The summed E-state index contributed by atoms with van der Waals surface area (Å²) in [4.78, 5) is 15.8. The van der Waals surface area contributed by atoms with Gasteiger partial charge in [-0.1, -0.05) is 37.3 Å². The fraction of sp³-hybridized carbons (Fsp3) is 0.200. The SMILES string of the molecule is CCC(c1ccccc1)n1c(=S)[nH]c2ccsc2c1=O. The molecule has 2 heterocycles. The topological polar surface area (TPSA) is 37.8 Å². The Balaban J connectivity index is 2.27. The molecular formula is C15H14N2OS2. The summed E-state index contributed by atoms with van der Waals surface area (Å²) in [6.07, 6.45) is 0.818. The van der Waals surface area contributed by atoms with Gasteiger partial charge in [0.2, 0.25) is 0 Å². The molecule has 3 nitrogen and oxygen atoms in total. The minimum absolute atomic E-state index is 0.00514. The number of fused-ring (bicyclic) bond motifs is 1. The molecule has 1 atom stereocenters. The molecule has 0 bridgehead atoms. The van der Waals surface area contributed by atoms with E-state index in [1.165, 1.54) is 11.3 Å². The average molecular weight is 302 g/mol. The van der Waals surface area contributed by atoms with Crippen molar-refractivity contribution in [2.75, 3.05) is 0 Å². The molecule has 3 rings (SSSR count). The second kappa shape index (κ2) is 5.34. The highest BCUT2D eigenvalue weighted by Gasteiger charge is 2.16.